The van der Waals surface area contributed by atoms with Gasteiger partial charge in [0, 0.05) is 19.3 Å². The molecule has 0 bridgehead atoms. The fraction of sp³-hybridized carbons (Fsp3) is 0.750. The number of hydrogen-bond acceptors (Lipinski definition) is 6. The number of aromatic nitrogens is 1. The molecule has 0 aromatic carbocycles. The van der Waals surface area contributed by atoms with Crippen LogP contribution in [0.15, 0.2) is 18.3 Å². The first-order valence-corrected chi connectivity index (χ1v) is 11.5. The Morgan fingerprint density at radius 1 is 1.35 bits per heavy atom. The van der Waals surface area contributed by atoms with Gasteiger partial charge in [-0.2, -0.15) is 0 Å². The molecule has 7 nitrogen and oxygen atoms in total. The summed E-state index contributed by atoms with van der Waals surface area (Å²) in [4.78, 5) is 19.2. The Morgan fingerprint density at radius 3 is 2.74 bits per heavy atom. The van der Waals surface area contributed by atoms with E-state index >= 15 is 0 Å². The number of likely N-dealkylation sites (tertiary alicyclic amines) is 1. The molecule has 1 spiro atoms. The van der Waals surface area contributed by atoms with Crippen LogP contribution in [-0.2, 0) is 9.47 Å². The van der Waals surface area contributed by atoms with E-state index in [0.717, 1.165) is 32.1 Å². The molecule has 0 radical (unpaired) electrons. The summed E-state index contributed by atoms with van der Waals surface area (Å²) >= 11 is 0. The Hall–Kier alpha value is -1.70. The van der Waals surface area contributed by atoms with Gasteiger partial charge in [-0.3, -0.25) is 4.79 Å². The number of aliphatic hydroxyl groups is 1. The average Bonchev–Trinajstić information content (AvgIpc) is 3.34. The molecule has 3 saturated heterocycles. The van der Waals surface area contributed by atoms with Crippen molar-refractivity contribution in [2.75, 3.05) is 26.3 Å². The van der Waals surface area contributed by atoms with Crippen molar-refractivity contribution < 1.29 is 24.1 Å². The summed E-state index contributed by atoms with van der Waals surface area (Å²) in [5.41, 5.74) is -0.570. The average molecular weight is 433 g/mol. The van der Waals surface area contributed by atoms with Crippen LogP contribution in [0, 0.1) is 5.41 Å². The van der Waals surface area contributed by atoms with Crippen LogP contribution in [-0.4, -0.2) is 70.6 Å². The molecule has 1 aromatic rings. The standard InChI is InChI=1S/C24H36N2O5/c1-5-29-20-17(7-6-12-25-20)21(27)26-13-10-24(11-14-26)15-19(30-16-24)23(4)9-8-18(31-23)22(2,3)28/h6-7,12,18-19,28H,5,8-11,13-16H2,1-4H3/t18-,19-,23+/m0/s1. The van der Waals surface area contributed by atoms with E-state index in [4.69, 9.17) is 14.2 Å². The monoisotopic (exact) mass is 432 g/mol. The Morgan fingerprint density at radius 2 is 2.10 bits per heavy atom. The van der Waals surface area contributed by atoms with Crippen molar-refractivity contribution >= 4 is 5.91 Å². The summed E-state index contributed by atoms with van der Waals surface area (Å²) in [6, 6.07) is 3.57. The van der Waals surface area contributed by atoms with E-state index in [9.17, 15) is 9.90 Å². The van der Waals surface area contributed by atoms with E-state index in [2.05, 4.69) is 11.9 Å². The van der Waals surface area contributed by atoms with E-state index in [-0.39, 0.29) is 29.1 Å². The van der Waals surface area contributed by atoms with Gasteiger partial charge in [-0.25, -0.2) is 4.98 Å². The number of nitrogens with zero attached hydrogens (tertiary/aromatic N) is 2. The molecule has 7 heteroatoms. The van der Waals surface area contributed by atoms with Gasteiger partial charge in [0.15, 0.2) is 0 Å². The molecule has 4 rings (SSSR count). The molecule has 3 atom stereocenters. The van der Waals surface area contributed by atoms with Gasteiger partial charge in [-0.05, 0) is 77.3 Å². The van der Waals surface area contributed by atoms with E-state index in [1.165, 1.54) is 0 Å². The van der Waals surface area contributed by atoms with Crippen molar-refractivity contribution in [1.29, 1.82) is 0 Å². The molecule has 3 aliphatic rings. The highest BCUT2D eigenvalue weighted by Crippen LogP contribution is 2.49. The molecule has 1 aromatic heterocycles. The summed E-state index contributed by atoms with van der Waals surface area (Å²) in [6.07, 6.45) is 6.06. The summed E-state index contributed by atoms with van der Waals surface area (Å²) in [7, 11) is 0. The second kappa shape index (κ2) is 8.34. The number of piperidine rings is 1. The van der Waals surface area contributed by atoms with Crippen molar-refractivity contribution in [3.63, 3.8) is 0 Å². The van der Waals surface area contributed by atoms with Gasteiger partial charge in [0.25, 0.3) is 5.91 Å². The third kappa shape index (κ3) is 4.45. The van der Waals surface area contributed by atoms with Crippen LogP contribution in [0.3, 0.4) is 0 Å². The first-order valence-electron chi connectivity index (χ1n) is 11.5. The minimum Gasteiger partial charge on any atom is -0.477 e. The lowest BCUT2D eigenvalue weighted by Gasteiger charge is -2.39. The number of carbonyl (C=O) groups is 1. The molecule has 1 amide bonds. The molecule has 172 valence electrons. The molecule has 4 heterocycles. The number of ether oxygens (including phenoxy) is 3. The maximum Gasteiger partial charge on any atom is 0.259 e. The van der Waals surface area contributed by atoms with E-state index < -0.39 is 5.60 Å². The Labute approximate surface area is 185 Å². The van der Waals surface area contributed by atoms with Crippen LogP contribution in [0.2, 0.25) is 0 Å². The second-order valence-corrected chi connectivity index (χ2v) is 10.2. The van der Waals surface area contributed by atoms with Crippen LogP contribution in [0.4, 0.5) is 0 Å². The third-order valence-corrected chi connectivity index (χ3v) is 7.39. The highest BCUT2D eigenvalue weighted by atomic mass is 16.6. The first kappa shape index (κ1) is 22.5. The van der Waals surface area contributed by atoms with Crippen LogP contribution in [0.1, 0.15) is 70.2 Å². The lowest BCUT2D eigenvalue weighted by Crippen LogP contribution is -2.45. The molecule has 3 aliphatic heterocycles. The fourth-order valence-electron chi connectivity index (χ4n) is 5.28. The zero-order chi connectivity index (χ0) is 22.3. The van der Waals surface area contributed by atoms with Crippen LogP contribution in [0.5, 0.6) is 5.88 Å². The molecule has 0 saturated carbocycles. The molecule has 1 N–H and O–H groups in total. The van der Waals surface area contributed by atoms with Crippen LogP contribution < -0.4 is 4.74 Å². The minimum absolute atomic E-state index is 0.0130. The number of pyridine rings is 1. The third-order valence-electron chi connectivity index (χ3n) is 7.39. The van der Waals surface area contributed by atoms with Gasteiger partial charge in [0.2, 0.25) is 5.88 Å². The van der Waals surface area contributed by atoms with Crippen molar-refractivity contribution in [2.45, 2.75) is 83.2 Å². The molecule has 0 unspecified atom stereocenters. The maximum absolute atomic E-state index is 13.1. The molecule has 0 aliphatic carbocycles. The zero-order valence-corrected chi connectivity index (χ0v) is 19.2. The topological polar surface area (TPSA) is 81.1 Å². The number of hydrogen-bond donors (Lipinski definition) is 1. The normalized spacial score (nSPS) is 30.7. The minimum atomic E-state index is -0.841. The van der Waals surface area contributed by atoms with E-state index in [0.29, 0.717) is 37.7 Å². The Bertz CT molecular complexity index is 799. The second-order valence-electron chi connectivity index (χ2n) is 10.2. The zero-order valence-electron chi connectivity index (χ0n) is 19.2. The van der Waals surface area contributed by atoms with Gasteiger partial charge >= 0.3 is 0 Å². The molecular formula is C24H36N2O5. The smallest absolute Gasteiger partial charge is 0.259 e. The van der Waals surface area contributed by atoms with E-state index in [1.807, 2.05) is 25.7 Å². The van der Waals surface area contributed by atoms with Crippen LogP contribution in [0.25, 0.3) is 0 Å². The highest BCUT2D eigenvalue weighted by Gasteiger charge is 2.53. The molecular weight excluding hydrogens is 396 g/mol. The molecule has 31 heavy (non-hydrogen) atoms. The van der Waals surface area contributed by atoms with Gasteiger partial charge in [0.05, 0.1) is 36.6 Å². The van der Waals surface area contributed by atoms with Gasteiger partial charge < -0.3 is 24.2 Å². The van der Waals surface area contributed by atoms with Crippen molar-refractivity contribution in [3.8, 4) is 5.88 Å². The Kier molecular flexibility index (Phi) is 6.05. The van der Waals surface area contributed by atoms with Gasteiger partial charge in [-0.1, -0.05) is 0 Å². The number of carbonyl (C=O) groups excluding carboxylic acids is 1. The summed E-state index contributed by atoms with van der Waals surface area (Å²) in [5, 5.41) is 10.3. The predicted molar refractivity (Wildman–Crippen MR) is 116 cm³/mol. The van der Waals surface area contributed by atoms with Gasteiger partial charge in [-0.15, -0.1) is 0 Å². The summed E-state index contributed by atoms with van der Waals surface area (Å²) < 4.78 is 18.2. The number of rotatable bonds is 5. The van der Waals surface area contributed by atoms with E-state index in [1.54, 1.807) is 18.3 Å². The Balaban J connectivity index is 1.37. The van der Waals surface area contributed by atoms with Gasteiger partial charge in [0.1, 0.15) is 5.56 Å². The highest BCUT2D eigenvalue weighted by molar-refractivity contribution is 5.96. The molecule has 3 fully saturated rings. The maximum atomic E-state index is 13.1. The van der Waals surface area contributed by atoms with Crippen LogP contribution >= 0.6 is 0 Å². The van der Waals surface area contributed by atoms with Crippen molar-refractivity contribution in [3.05, 3.63) is 23.9 Å². The number of amides is 1. The fourth-order valence-corrected chi connectivity index (χ4v) is 5.28. The first-order chi connectivity index (χ1) is 14.7. The summed E-state index contributed by atoms with van der Waals surface area (Å²) in [5.74, 6) is 0.396. The SMILES string of the molecule is CCOc1ncccc1C(=O)N1CCC2(CC1)CO[C@H]([C@@]1(C)CC[C@@H](C(C)(C)O)O1)C2. The van der Waals surface area contributed by atoms with Crippen molar-refractivity contribution in [2.24, 2.45) is 5.41 Å². The quantitative estimate of drug-likeness (QED) is 0.770. The largest absolute Gasteiger partial charge is 0.477 e. The summed E-state index contributed by atoms with van der Waals surface area (Å²) in [6.45, 7) is 10.2. The lowest BCUT2D eigenvalue weighted by molar-refractivity contribution is -0.155. The lowest BCUT2D eigenvalue weighted by atomic mass is 9.74. The predicted octanol–water partition coefficient (Wildman–Crippen LogP) is 3.20. The van der Waals surface area contributed by atoms with Crippen molar-refractivity contribution in [1.82, 2.24) is 9.88 Å².